The van der Waals surface area contributed by atoms with Crippen molar-refractivity contribution in [1.82, 2.24) is 0 Å². The summed E-state index contributed by atoms with van der Waals surface area (Å²) >= 11 is 0. The molecule has 5 heteroatoms. The second-order valence-corrected chi connectivity index (χ2v) is 10.6. The minimum absolute atomic E-state index is 0.0592. The van der Waals surface area contributed by atoms with E-state index < -0.39 is 11.6 Å². The largest absolute Gasteiger partial charge is 0.390 e. The molecular formula is C23H39N3O2. The highest BCUT2D eigenvalue weighted by atomic mass is 16.5. The SMILES string of the molecule is C=NC(C)(C)C1CCC(C)(C2CCC(C)(N=C)C3CCC(C)(N=C)C(O)C32)O1. The fourth-order valence-corrected chi connectivity index (χ4v) is 6.29. The van der Waals surface area contributed by atoms with Gasteiger partial charge in [-0.2, -0.15) is 0 Å². The van der Waals surface area contributed by atoms with Crippen molar-refractivity contribution >= 4 is 20.2 Å². The van der Waals surface area contributed by atoms with Crippen LogP contribution in [0, 0.1) is 17.8 Å². The number of hydrogen-bond donors (Lipinski definition) is 1. The van der Waals surface area contributed by atoms with Gasteiger partial charge in [0.15, 0.2) is 0 Å². The third-order valence-electron chi connectivity index (χ3n) is 8.67. The Balaban J connectivity index is 1.96. The predicted molar refractivity (Wildman–Crippen MR) is 117 cm³/mol. The second kappa shape index (κ2) is 7.02. The first kappa shape index (κ1) is 21.6. The van der Waals surface area contributed by atoms with E-state index in [4.69, 9.17) is 4.74 Å². The minimum atomic E-state index is -0.542. The molecular weight excluding hydrogens is 350 g/mol. The van der Waals surface area contributed by atoms with Crippen LogP contribution in [0.5, 0.6) is 0 Å². The molecule has 0 aromatic carbocycles. The molecule has 8 unspecified atom stereocenters. The average molecular weight is 390 g/mol. The zero-order valence-electron chi connectivity index (χ0n) is 18.4. The van der Waals surface area contributed by atoms with E-state index in [9.17, 15) is 5.11 Å². The average Bonchev–Trinajstić information content (AvgIpc) is 3.09. The first-order valence-corrected chi connectivity index (χ1v) is 10.8. The van der Waals surface area contributed by atoms with Crippen molar-refractivity contribution in [3.05, 3.63) is 0 Å². The highest BCUT2D eigenvalue weighted by Crippen LogP contribution is 2.58. The molecule has 0 aromatic rings. The van der Waals surface area contributed by atoms with Crippen LogP contribution in [-0.4, -0.2) is 59.7 Å². The summed E-state index contributed by atoms with van der Waals surface area (Å²) in [6.45, 7) is 22.1. The van der Waals surface area contributed by atoms with Gasteiger partial charge >= 0.3 is 0 Å². The van der Waals surface area contributed by atoms with Crippen LogP contribution in [0.25, 0.3) is 0 Å². The number of ether oxygens (including phenoxy) is 1. The smallest absolute Gasteiger partial charge is 0.0833 e. The summed E-state index contributed by atoms with van der Waals surface area (Å²) < 4.78 is 6.71. The van der Waals surface area contributed by atoms with E-state index in [2.05, 4.69) is 62.8 Å². The molecule has 3 aliphatic rings. The zero-order valence-corrected chi connectivity index (χ0v) is 18.4. The standard InChI is InChI=1S/C23H39N3O2/c1-20(2,24-6)17-11-14-23(5,28-17)16-10-12-21(3,25-7)15-9-13-22(4,26-8)19(27)18(15)16/h15-19,27H,6-14H2,1-5H3. The quantitative estimate of drug-likeness (QED) is 0.719. The molecule has 0 amide bonds. The third-order valence-corrected chi connectivity index (χ3v) is 8.67. The lowest BCUT2D eigenvalue weighted by Gasteiger charge is -2.58. The van der Waals surface area contributed by atoms with Gasteiger partial charge in [0.25, 0.3) is 0 Å². The summed E-state index contributed by atoms with van der Waals surface area (Å²) in [5.41, 5.74) is -1.28. The lowest BCUT2D eigenvalue weighted by molar-refractivity contribution is -0.165. The number of rotatable bonds is 5. The topological polar surface area (TPSA) is 66.5 Å². The fraction of sp³-hybridized carbons (Fsp3) is 0.870. The van der Waals surface area contributed by atoms with Crippen LogP contribution in [0.15, 0.2) is 15.0 Å². The van der Waals surface area contributed by atoms with Crippen molar-refractivity contribution in [1.29, 1.82) is 0 Å². The summed E-state index contributed by atoms with van der Waals surface area (Å²) in [6, 6.07) is 0. The van der Waals surface area contributed by atoms with Gasteiger partial charge in [-0.1, -0.05) is 0 Å². The van der Waals surface area contributed by atoms with Crippen molar-refractivity contribution in [3.63, 3.8) is 0 Å². The van der Waals surface area contributed by atoms with Gasteiger partial charge in [-0.15, -0.1) is 0 Å². The van der Waals surface area contributed by atoms with Gasteiger partial charge in [0.1, 0.15) is 0 Å². The lowest BCUT2D eigenvalue weighted by atomic mass is 9.51. The van der Waals surface area contributed by atoms with Crippen LogP contribution in [0.1, 0.15) is 73.1 Å². The highest BCUT2D eigenvalue weighted by Gasteiger charge is 2.61. The molecule has 1 N–H and O–H groups in total. The zero-order chi connectivity index (χ0) is 21.0. The van der Waals surface area contributed by atoms with Crippen LogP contribution < -0.4 is 0 Å². The minimum Gasteiger partial charge on any atom is -0.390 e. The van der Waals surface area contributed by atoms with Crippen molar-refractivity contribution in [2.24, 2.45) is 32.7 Å². The van der Waals surface area contributed by atoms with E-state index in [1.807, 2.05) is 6.92 Å². The molecule has 1 heterocycles. The van der Waals surface area contributed by atoms with Crippen molar-refractivity contribution in [2.45, 2.75) is 108 Å². The Morgan fingerprint density at radius 2 is 1.46 bits per heavy atom. The summed E-state index contributed by atoms with van der Waals surface area (Å²) in [7, 11) is 0. The first-order chi connectivity index (χ1) is 13.0. The Bertz CT molecular complexity index is 650. The Kier molecular flexibility index (Phi) is 5.42. The number of aliphatic hydroxyl groups excluding tert-OH is 1. The van der Waals surface area contributed by atoms with Gasteiger partial charge in [0.05, 0.1) is 34.4 Å². The molecule has 2 saturated carbocycles. The van der Waals surface area contributed by atoms with E-state index in [1.54, 1.807) is 0 Å². The maximum absolute atomic E-state index is 11.5. The van der Waals surface area contributed by atoms with Crippen molar-refractivity contribution < 1.29 is 9.84 Å². The van der Waals surface area contributed by atoms with E-state index in [-0.39, 0.29) is 34.6 Å². The van der Waals surface area contributed by atoms with Gasteiger partial charge in [-0.05, 0) is 111 Å². The van der Waals surface area contributed by atoms with E-state index in [1.165, 1.54) is 0 Å². The maximum Gasteiger partial charge on any atom is 0.0833 e. The molecule has 5 nitrogen and oxygen atoms in total. The van der Waals surface area contributed by atoms with Crippen molar-refractivity contribution in [3.8, 4) is 0 Å². The summed E-state index contributed by atoms with van der Waals surface area (Å²) in [6.07, 6.45) is 5.26. The molecule has 3 fully saturated rings. The number of hydrogen-bond acceptors (Lipinski definition) is 5. The van der Waals surface area contributed by atoms with Crippen LogP contribution >= 0.6 is 0 Å². The van der Waals surface area contributed by atoms with E-state index in [0.29, 0.717) is 5.92 Å². The van der Waals surface area contributed by atoms with Gasteiger partial charge in [-0.25, -0.2) is 0 Å². The van der Waals surface area contributed by atoms with Gasteiger partial charge in [-0.3, -0.25) is 15.0 Å². The molecule has 158 valence electrons. The van der Waals surface area contributed by atoms with E-state index in [0.717, 1.165) is 38.5 Å². The monoisotopic (exact) mass is 389 g/mol. The lowest BCUT2D eigenvalue weighted by Crippen LogP contribution is -2.62. The van der Waals surface area contributed by atoms with Gasteiger partial charge in [0.2, 0.25) is 0 Å². The Morgan fingerprint density at radius 3 is 2.04 bits per heavy atom. The fourth-order valence-electron chi connectivity index (χ4n) is 6.29. The third kappa shape index (κ3) is 3.19. The number of aliphatic hydroxyl groups is 1. The molecule has 28 heavy (non-hydrogen) atoms. The maximum atomic E-state index is 11.5. The molecule has 1 saturated heterocycles. The van der Waals surface area contributed by atoms with E-state index >= 15 is 0 Å². The first-order valence-electron chi connectivity index (χ1n) is 10.8. The molecule has 0 radical (unpaired) electrons. The predicted octanol–water partition coefficient (Wildman–Crippen LogP) is 4.12. The molecule has 1 aliphatic heterocycles. The molecule has 3 rings (SSSR count). The van der Waals surface area contributed by atoms with Crippen LogP contribution in [0.4, 0.5) is 0 Å². The van der Waals surface area contributed by atoms with Crippen LogP contribution in [0.2, 0.25) is 0 Å². The molecule has 0 spiro atoms. The number of nitrogens with zero attached hydrogens (tertiary/aromatic N) is 3. The normalized spacial score (nSPS) is 49.3. The Hall–Kier alpha value is -1.07. The molecule has 2 aliphatic carbocycles. The Morgan fingerprint density at radius 1 is 0.893 bits per heavy atom. The van der Waals surface area contributed by atoms with Crippen LogP contribution in [-0.2, 0) is 4.74 Å². The summed E-state index contributed by atoms with van der Waals surface area (Å²) in [5, 5.41) is 11.5. The number of fused-ring (bicyclic) bond motifs is 1. The Labute approximate surface area is 170 Å². The van der Waals surface area contributed by atoms with Gasteiger partial charge < -0.3 is 9.84 Å². The van der Waals surface area contributed by atoms with Crippen molar-refractivity contribution in [2.75, 3.05) is 0 Å². The summed E-state index contributed by atoms with van der Waals surface area (Å²) in [4.78, 5) is 13.2. The second-order valence-electron chi connectivity index (χ2n) is 10.6. The molecule has 0 aromatic heterocycles. The molecule has 0 bridgehead atoms. The number of aliphatic imine (C=N–C) groups is 3. The molecule has 8 atom stereocenters. The summed E-state index contributed by atoms with van der Waals surface area (Å²) in [5.74, 6) is 0.630. The highest BCUT2D eigenvalue weighted by molar-refractivity contribution is 5.30. The van der Waals surface area contributed by atoms with Gasteiger partial charge in [0, 0.05) is 0 Å². The van der Waals surface area contributed by atoms with Crippen LogP contribution in [0.3, 0.4) is 0 Å².